The van der Waals surface area contributed by atoms with Gasteiger partial charge >= 0.3 is 0 Å². The van der Waals surface area contributed by atoms with Gasteiger partial charge in [-0.25, -0.2) is 0 Å². The SMILES string of the molecule is Cc1cc(C)cc(C(=O)c2ccc(Br)cc2)c1. The summed E-state index contributed by atoms with van der Waals surface area (Å²) in [5.74, 6) is 0.0734. The van der Waals surface area contributed by atoms with Crippen LogP contribution in [0.4, 0.5) is 0 Å². The van der Waals surface area contributed by atoms with Gasteiger partial charge in [0.25, 0.3) is 0 Å². The van der Waals surface area contributed by atoms with Gasteiger partial charge in [-0.2, -0.15) is 0 Å². The fourth-order valence-corrected chi connectivity index (χ4v) is 2.14. The molecule has 0 aliphatic carbocycles. The minimum absolute atomic E-state index is 0.0734. The lowest BCUT2D eigenvalue weighted by Crippen LogP contribution is -2.01. The second-order valence-electron chi connectivity index (χ2n) is 4.21. The first-order valence-corrected chi connectivity index (χ1v) is 6.24. The highest BCUT2D eigenvalue weighted by Gasteiger charge is 2.09. The zero-order valence-corrected chi connectivity index (χ0v) is 11.4. The molecule has 0 spiro atoms. The van der Waals surface area contributed by atoms with Crippen LogP contribution in [0.3, 0.4) is 0 Å². The molecular weight excluding hydrogens is 276 g/mol. The summed E-state index contributed by atoms with van der Waals surface area (Å²) in [7, 11) is 0. The van der Waals surface area contributed by atoms with Crippen molar-refractivity contribution >= 4 is 21.7 Å². The Morgan fingerprint density at radius 3 is 1.94 bits per heavy atom. The highest BCUT2D eigenvalue weighted by atomic mass is 79.9. The largest absolute Gasteiger partial charge is 0.289 e. The predicted molar refractivity (Wildman–Crippen MR) is 73.5 cm³/mol. The molecule has 0 amide bonds. The van der Waals surface area contributed by atoms with Crippen molar-refractivity contribution < 1.29 is 4.79 Å². The molecule has 17 heavy (non-hydrogen) atoms. The molecule has 0 saturated carbocycles. The molecule has 0 N–H and O–H groups in total. The van der Waals surface area contributed by atoms with E-state index < -0.39 is 0 Å². The Kier molecular flexibility index (Phi) is 3.43. The molecule has 0 aliphatic heterocycles. The molecule has 0 aliphatic rings. The van der Waals surface area contributed by atoms with Crippen molar-refractivity contribution in [3.63, 3.8) is 0 Å². The van der Waals surface area contributed by atoms with Gasteiger partial charge in [0, 0.05) is 15.6 Å². The summed E-state index contributed by atoms with van der Waals surface area (Å²) in [4.78, 5) is 12.2. The number of hydrogen-bond donors (Lipinski definition) is 0. The molecule has 0 unspecified atom stereocenters. The molecular formula is C15H13BrO. The van der Waals surface area contributed by atoms with Crippen molar-refractivity contribution in [2.45, 2.75) is 13.8 Å². The molecule has 1 nitrogen and oxygen atoms in total. The number of rotatable bonds is 2. The minimum Gasteiger partial charge on any atom is -0.289 e. The van der Waals surface area contributed by atoms with Gasteiger partial charge in [-0.3, -0.25) is 4.79 Å². The third-order valence-electron chi connectivity index (χ3n) is 2.59. The zero-order chi connectivity index (χ0) is 12.4. The van der Waals surface area contributed by atoms with Crippen molar-refractivity contribution in [1.82, 2.24) is 0 Å². The van der Waals surface area contributed by atoms with Gasteiger partial charge in [0.1, 0.15) is 0 Å². The van der Waals surface area contributed by atoms with Crippen molar-refractivity contribution in [3.8, 4) is 0 Å². The Balaban J connectivity index is 2.40. The first-order chi connectivity index (χ1) is 8.06. The molecule has 0 saturated heterocycles. The van der Waals surface area contributed by atoms with Gasteiger partial charge in [0.05, 0.1) is 0 Å². The third-order valence-corrected chi connectivity index (χ3v) is 3.12. The van der Waals surface area contributed by atoms with Crippen LogP contribution in [-0.4, -0.2) is 5.78 Å². The molecule has 2 aromatic rings. The van der Waals surface area contributed by atoms with Gasteiger partial charge < -0.3 is 0 Å². The molecule has 0 radical (unpaired) electrons. The third kappa shape index (κ3) is 2.83. The van der Waals surface area contributed by atoms with Gasteiger partial charge in [-0.15, -0.1) is 0 Å². The zero-order valence-electron chi connectivity index (χ0n) is 9.83. The number of benzene rings is 2. The maximum absolute atomic E-state index is 12.2. The quantitative estimate of drug-likeness (QED) is 0.753. The lowest BCUT2D eigenvalue weighted by atomic mass is 10.00. The molecule has 2 heteroatoms. The second kappa shape index (κ2) is 4.84. The van der Waals surface area contributed by atoms with E-state index in [-0.39, 0.29) is 5.78 Å². The topological polar surface area (TPSA) is 17.1 Å². The molecule has 0 bridgehead atoms. The van der Waals surface area contributed by atoms with Crippen LogP contribution in [0.1, 0.15) is 27.0 Å². The molecule has 86 valence electrons. The summed E-state index contributed by atoms with van der Waals surface area (Å²) in [5.41, 5.74) is 3.71. The number of halogens is 1. The van der Waals surface area contributed by atoms with E-state index in [1.54, 1.807) is 0 Å². The van der Waals surface area contributed by atoms with E-state index in [0.29, 0.717) is 0 Å². The Morgan fingerprint density at radius 2 is 1.41 bits per heavy atom. The molecule has 0 aromatic heterocycles. The van der Waals surface area contributed by atoms with Crippen molar-refractivity contribution in [2.75, 3.05) is 0 Å². The second-order valence-corrected chi connectivity index (χ2v) is 5.13. The summed E-state index contributed by atoms with van der Waals surface area (Å²) in [6, 6.07) is 13.4. The number of carbonyl (C=O) groups excluding carboxylic acids is 1. The summed E-state index contributed by atoms with van der Waals surface area (Å²) < 4.78 is 0.981. The Labute approximate surface area is 110 Å². The molecule has 0 fully saturated rings. The predicted octanol–water partition coefficient (Wildman–Crippen LogP) is 4.30. The summed E-state index contributed by atoms with van der Waals surface area (Å²) in [6.07, 6.45) is 0. The van der Waals surface area contributed by atoms with Crippen LogP contribution in [0.5, 0.6) is 0 Å². The highest BCUT2D eigenvalue weighted by molar-refractivity contribution is 9.10. The number of ketones is 1. The lowest BCUT2D eigenvalue weighted by molar-refractivity contribution is 0.103. The van der Waals surface area contributed by atoms with Crippen LogP contribution < -0.4 is 0 Å². The van der Waals surface area contributed by atoms with E-state index in [4.69, 9.17) is 0 Å². The number of carbonyl (C=O) groups is 1. The summed E-state index contributed by atoms with van der Waals surface area (Å²) in [5, 5.41) is 0. The minimum atomic E-state index is 0.0734. The van der Waals surface area contributed by atoms with Crippen molar-refractivity contribution in [3.05, 3.63) is 69.2 Å². The van der Waals surface area contributed by atoms with Crippen molar-refractivity contribution in [1.29, 1.82) is 0 Å². The van der Waals surface area contributed by atoms with Gasteiger partial charge in [-0.05, 0) is 50.2 Å². The van der Waals surface area contributed by atoms with Crippen LogP contribution in [0.15, 0.2) is 46.9 Å². The molecule has 0 heterocycles. The fourth-order valence-electron chi connectivity index (χ4n) is 1.87. The van der Waals surface area contributed by atoms with E-state index >= 15 is 0 Å². The smallest absolute Gasteiger partial charge is 0.193 e. The summed E-state index contributed by atoms with van der Waals surface area (Å²) in [6.45, 7) is 4.01. The van der Waals surface area contributed by atoms with E-state index in [2.05, 4.69) is 22.0 Å². The first kappa shape index (κ1) is 12.1. The lowest BCUT2D eigenvalue weighted by Gasteiger charge is -2.04. The summed E-state index contributed by atoms with van der Waals surface area (Å²) >= 11 is 3.36. The van der Waals surface area contributed by atoms with Gasteiger partial charge in [0.2, 0.25) is 0 Å². The van der Waals surface area contributed by atoms with Crippen LogP contribution >= 0.6 is 15.9 Å². The first-order valence-electron chi connectivity index (χ1n) is 5.45. The van der Waals surface area contributed by atoms with Gasteiger partial charge in [0.15, 0.2) is 5.78 Å². The normalized spacial score (nSPS) is 10.3. The van der Waals surface area contributed by atoms with Crippen LogP contribution in [0.25, 0.3) is 0 Å². The van der Waals surface area contributed by atoms with E-state index in [9.17, 15) is 4.79 Å². The van der Waals surface area contributed by atoms with Gasteiger partial charge in [-0.1, -0.05) is 33.1 Å². The average molecular weight is 289 g/mol. The standard InChI is InChI=1S/C15H13BrO/c1-10-7-11(2)9-13(8-10)15(17)12-3-5-14(16)6-4-12/h3-9H,1-2H3. The van der Waals surface area contributed by atoms with Crippen LogP contribution in [0.2, 0.25) is 0 Å². The average Bonchev–Trinajstić information content (AvgIpc) is 2.28. The van der Waals surface area contributed by atoms with E-state index in [1.807, 2.05) is 50.2 Å². The van der Waals surface area contributed by atoms with E-state index in [0.717, 1.165) is 26.7 Å². The fraction of sp³-hybridized carbons (Fsp3) is 0.133. The molecule has 0 atom stereocenters. The molecule has 2 rings (SSSR count). The van der Waals surface area contributed by atoms with Crippen LogP contribution in [-0.2, 0) is 0 Å². The maximum atomic E-state index is 12.2. The maximum Gasteiger partial charge on any atom is 0.193 e. The molecule has 2 aromatic carbocycles. The highest BCUT2D eigenvalue weighted by Crippen LogP contribution is 2.16. The van der Waals surface area contributed by atoms with Crippen LogP contribution in [0, 0.1) is 13.8 Å². The Hall–Kier alpha value is -1.41. The number of aryl methyl sites for hydroxylation is 2. The van der Waals surface area contributed by atoms with Crippen molar-refractivity contribution in [2.24, 2.45) is 0 Å². The Morgan fingerprint density at radius 1 is 0.882 bits per heavy atom. The number of hydrogen-bond acceptors (Lipinski definition) is 1. The Bertz CT molecular complexity index is 535. The van der Waals surface area contributed by atoms with E-state index in [1.165, 1.54) is 0 Å². The monoisotopic (exact) mass is 288 g/mol.